The van der Waals surface area contributed by atoms with Gasteiger partial charge in [-0.3, -0.25) is 0 Å². The predicted molar refractivity (Wildman–Crippen MR) is 126 cm³/mol. The number of halogens is 1. The molecule has 4 heteroatoms. The van der Waals surface area contributed by atoms with E-state index in [1.807, 2.05) is 38.1 Å². The zero-order valence-electron chi connectivity index (χ0n) is 19.0. The molecule has 0 aromatic heterocycles. The van der Waals surface area contributed by atoms with E-state index in [2.05, 4.69) is 60.7 Å². The van der Waals surface area contributed by atoms with Gasteiger partial charge in [0.15, 0.2) is 0 Å². The molecule has 2 N–H and O–H groups in total. The lowest BCUT2D eigenvalue weighted by Crippen LogP contribution is -2.82. The van der Waals surface area contributed by atoms with Gasteiger partial charge in [0.05, 0.1) is 12.6 Å². The first-order valence-electron chi connectivity index (χ1n) is 11.0. The Morgan fingerprint density at radius 3 is 1.97 bits per heavy atom. The zero-order chi connectivity index (χ0) is 22.2. The summed E-state index contributed by atoms with van der Waals surface area (Å²) < 4.78 is 19.3. The van der Waals surface area contributed by atoms with E-state index < -0.39 is 0 Å². The molecule has 0 unspecified atom stereocenters. The predicted octanol–water partition coefficient (Wildman–Crippen LogP) is 4.96. The van der Waals surface area contributed by atoms with Crippen molar-refractivity contribution in [1.82, 2.24) is 0 Å². The summed E-state index contributed by atoms with van der Waals surface area (Å²) >= 11 is 0. The lowest BCUT2D eigenvalue weighted by atomic mass is 9.88. The minimum Gasteiger partial charge on any atom is -0.491 e. The maximum absolute atomic E-state index is 13.5. The van der Waals surface area contributed by atoms with Crippen molar-refractivity contribution >= 4 is 5.69 Å². The molecule has 1 atom stereocenters. The van der Waals surface area contributed by atoms with E-state index in [0.29, 0.717) is 0 Å². The number of hydrogen-bond acceptors (Lipinski definition) is 2. The van der Waals surface area contributed by atoms with E-state index in [9.17, 15) is 4.39 Å². The van der Waals surface area contributed by atoms with Crippen LogP contribution in [0.3, 0.4) is 0 Å². The minimum absolute atomic E-state index is 0.153. The third-order valence-electron chi connectivity index (χ3n) is 5.42. The molecule has 0 saturated carbocycles. The molecule has 0 bridgehead atoms. The normalized spacial score (nSPS) is 12.1. The van der Waals surface area contributed by atoms with Crippen molar-refractivity contribution in [1.29, 1.82) is 0 Å². The number of ether oxygens (including phenoxy) is 1. The van der Waals surface area contributed by atoms with Gasteiger partial charge < -0.3 is 15.0 Å². The molecule has 0 radical (unpaired) electrons. The molecule has 0 aliphatic rings. The Kier molecular flexibility index (Phi) is 8.07. The van der Waals surface area contributed by atoms with Crippen molar-refractivity contribution in [2.75, 3.05) is 25.5 Å². The lowest BCUT2D eigenvalue weighted by Gasteiger charge is -2.19. The van der Waals surface area contributed by atoms with Gasteiger partial charge in [-0.15, -0.1) is 0 Å². The van der Waals surface area contributed by atoms with E-state index in [0.717, 1.165) is 30.8 Å². The first kappa shape index (κ1) is 22.8. The summed E-state index contributed by atoms with van der Waals surface area (Å²) in [6.07, 6.45) is 1.13. The van der Waals surface area contributed by atoms with Gasteiger partial charge in [-0.1, -0.05) is 36.4 Å². The molecule has 0 saturated heterocycles. The highest BCUT2D eigenvalue weighted by atomic mass is 19.1. The SMILES string of the molecule is CC(C)Oc1ccc([C@H](CC[NH2+]Cc2ccc(N(C)C)cc2)c2ccc(F)cc2)cc1. The molecular formula is C27H34FN2O+. The molecule has 0 spiro atoms. The van der Waals surface area contributed by atoms with Crippen LogP contribution in [-0.2, 0) is 6.54 Å². The Balaban J connectivity index is 1.65. The molecule has 3 rings (SSSR count). The largest absolute Gasteiger partial charge is 0.491 e. The number of benzene rings is 3. The molecule has 0 aliphatic heterocycles. The van der Waals surface area contributed by atoms with Crippen molar-refractivity contribution < 1.29 is 14.4 Å². The van der Waals surface area contributed by atoms with E-state index in [1.54, 1.807) is 12.1 Å². The van der Waals surface area contributed by atoms with Crippen LogP contribution >= 0.6 is 0 Å². The first-order chi connectivity index (χ1) is 14.9. The fourth-order valence-corrected chi connectivity index (χ4v) is 3.76. The van der Waals surface area contributed by atoms with Crippen molar-refractivity contribution in [3.05, 3.63) is 95.3 Å². The van der Waals surface area contributed by atoms with Crippen molar-refractivity contribution in [2.45, 2.75) is 38.8 Å². The fraction of sp³-hybridized carbons (Fsp3) is 0.333. The Bertz CT molecular complexity index is 919. The van der Waals surface area contributed by atoms with E-state index in [-0.39, 0.29) is 17.8 Å². The quantitative estimate of drug-likeness (QED) is 0.469. The van der Waals surface area contributed by atoms with Crippen molar-refractivity contribution in [3.63, 3.8) is 0 Å². The van der Waals surface area contributed by atoms with Gasteiger partial charge in [-0.25, -0.2) is 4.39 Å². The maximum Gasteiger partial charge on any atom is 0.123 e. The fourth-order valence-electron chi connectivity index (χ4n) is 3.76. The molecule has 31 heavy (non-hydrogen) atoms. The molecule has 164 valence electrons. The Hall–Kier alpha value is -2.85. The number of rotatable bonds is 10. The molecule has 3 aromatic carbocycles. The van der Waals surface area contributed by atoms with Crippen LogP contribution in [0.1, 0.15) is 42.9 Å². The highest BCUT2D eigenvalue weighted by Crippen LogP contribution is 2.29. The third-order valence-corrected chi connectivity index (χ3v) is 5.42. The van der Waals surface area contributed by atoms with Crippen LogP contribution < -0.4 is 15.0 Å². The maximum atomic E-state index is 13.5. The van der Waals surface area contributed by atoms with Gasteiger partial charge in [0, 0.05) is 37.7 Å². The average molecular weight is 422 g/mol. The summed E-state index contributed by atoms with van der Waals surface area (Å²) in [5, 5.41) is 2.34. The van der Waals surface area contributed by atoms with Crippen molar-refractivity contribution in [3.8, 4) is 5.75 Å². The van der Waals surface area contributed by atoms with Crippen LogP contribution in [0.4, 0.5) is 10.1 Å². The van der Waals surface area contributed by atoms with Gasteiger partial charge in [-0.05, 0) is 61.4 Å². The second-order valence-corrected chi connectivity index (χ2v) is 8.47. The molecule has 0 fully saturated rings. The standard InChI is InChI=1S/C27H33FN2O/c1-20(2)31-26-15-9-23(10-16-26)27(22-7-11-24(28)12-8-22)17-18-29-19-21-5-13-25(14-6-21)30(3)4/h5-16,20,27,29H,17-19H2,1-4H3/p+1/t27-/m1/s1. The Morgan fingerprint density at radius 2 is 1.42 bits per heavy atom. The van der Waals surface area contributed by atoms with Crippen LogP contribution in [0.2, 0.25) is 0 Å². The number of anilines is 1. The molecule has 0 amide bonds. The third kappa shape index (κ3) is 6.83. The van der Waals surface area contributed by atoms with Crippen LogP contribution in [0.5, 0.6) is 5.75 Å². The zero-order valence-corrected chi connectivity index (χ0v) is 19.0. The molecule has 0 aliphatic carbocycles. The summed E-state index contributed by atoms with van der Waals surface area (Å²) in [5.41, 5.74) is 4.90. The summed E-state index contributed by atoms with van der Waals surface area (Å²) in [7, 11) is 4.11. The van der Waals surface area contributed by atoms with E-state index >= 15 is 0 Å². The molecule has 0 heterocycles. The Morgan fingerprint density at radius 1 is 0.839 bits per heavy atom. The second-order valence-electron chi connectivity index (χ2n) is 8.47. The average Bonchev–Trinajstić information content (AvgIpc) is 2.75. The molecule has 3 nitrogen and oxygen atoms in total. The highest BCUT2D eigenvalue weighted by molar-refractivity contribution is 5.45. The Labute approximate surface area is 185 Å². The summed E-state index contributed by atoms with van der Waals surface area (Å²) in [6, 6.07) is 23.9. The van der Waals surface area contributed by atoms with Crippen LogP contribution in [0.15, 0.2) is 72.8 Å². The van der Waals surface area contributed by atoms with Gasteiger partial charge >= 0.3 is 0 Å². The number of quaternary nitrogens is 1. The number of nitrogens with two attached hydrogens (primary N) is 1. The lowest BCUT2D eigenvalue weighted by molar-refractivity contribution is -0.671. The topological polar surface area (TPSA) is 29.1 Å². The summed E-state index contributed by atoms with van der Waals surface area (Å²) in [5.74, 6) is 0.904. The summed E-state index contributed by atoms with van der Waals surface area (Å²) in [6.45, 7) is 5.99. The van der Waals surface area contributed by atoms with Gasteiger partial charge in [0.2, 0.25) is 0 Å². The summed E-state index contributed by atoms with van der Waals surface area (Å²) in [4.78, 5) is 2.11. The van der Waals surface area contributed by atoms with E-state index in [1.165, 1.54) is 16.8 Å². The van der Waals surface area contributed by atoms with Crippen LogP contribution in [-0.4, -0.2) is 26.7 Å². The second kappa shape index (κ2) is 11.0. The van der Waals surface area contributed by atoms with Crippen molar-refractivity contribution in [2.24, 2.45) is 0 Å². The number of nitrogens with zero attached hydrogens (tertiary/aromatic N) is 1. The van der Waals surface area contributed by atoms with Crippen LogP contribution in [0.25, 0.3) is 0 Å². The van der Waals surface area contributed by atoms with E-state index in [4.69, 9.17) is 4.74 Å². The van der Waals surface area contributed by atoms with Crippen LogP contribution in [0, 0.1) is 5.82 Å². The van der Waals surface area contributed by atoms with Gasteiger partial charge in [0.1, 0.15) is 18.1 Å². The monoisotopic (exact) mass is 421 g/mol. The van der Waals surface area contributed by atoms with Gasteiger partial charge in [-0.2, -0.15) is 0 Å². The minimum atomic E-state index is -0.198. The first-order valence-corrected chi connectivity index (χ1v) is 11.0. The highest BCUT2D eigenvalue weighted by Gasteiger charge is 2.16. The molecule has 3 aromatic rings. The number of hydrogen-bond donors (Lipinski definition) is 1. The smallest absolute Gasteiger partial charge is 0.123 e. The molecular weight excluding hydrogens is 387 g/mol. The van der Waals surface area contributed by atoms with Gasteiger partial charge in [0.25, 0.3) is 0 Å².